The molecule has 0 unspecified atom stereocenters. The monoisotopic (exact) mass is 308 g/mol. The van der Waals surface area contributed by atoms with Crippen LogP contribution in [0.3, 0.4) is 0 Å². The van der Waals surface area contributed by atoms with E-state index in [2.05, 4.69) is 5.32 Å². The zero-order chi connectivity index (χ0) is 16.5. The molecule has 0 aliphatic rings. The van der Waals surface area contributed by atoms with Gasteiger partial charge in [0.05, 0.1) is 20.1 Å². The Kier molecular flexibility index (Phi) is 6.88. The molecule has 120 valence electrons. The SMILES string of the molecule is CCN(CCC(=O)O)C(=O)CNC(=O)c1cccc(OC)c1. The van der Waals surface area contributed by atoms with Gasteiger partial charge in [0.2, 0.25) is 5.91 Å². The van der Waals surface area contributed by atoms with E-state index in [9.17, 15) is 14.4 Å². The molecular weight excluding hydrogens is 288 g/mol. The van der Waals surface area contributed by atoms with E-state index in [1.54, 1.807) is 31.2 Å². The van der Waals surface area contributed by atoms with Crippen molar-refractivity contribution in [3.63, 3.8) is 0 Å². The molecule has 1 aromatic carbocycles. The van der Waals surface area contributed by atoms with Gasteiger partial charge in [-0.15, -0.1) is 0 Å². The van der Waals surface area contributed by atoms with E-state index in [4.69, 9.17) is 9.84 Å². The highest BCUT2D eigenvalue weighted by Crippen LogP contribution is 2.12. The second kappa shape index (κ2) is 8.66. The fourth-order valence-electron chi connectivity index (χ4n) is 1.82. The molecule has 0 bridgehead atoms. The number of aliphatic carboxylic acids is 1. The third kappa shape index (κ3) is 5.43. The van der Waals surface area contributed by atoms with Crippen molar-refractivity contribution in [2.24, 2.45) is 0 Å². The van der Waals surface area contributed by atoms with Crippen molar-refractivity contribution in [3.05, 3.63) is 29.8 Å². The Labute approximate surface area is 128 Å². The van der Waals surface area contributed by atoms with Gasteiger partial charge in [-0.2, -0.15) is 0 Å². The molecule has 0 spiro atoms. The highest BCUT2D eigenvalue weighted by molar-refractivity contribution is 5.96. The van der Waals surface area contributed by atoms with Gasteiger partial charge in [0, 0.05) is 18.7 Å². The molecule has 0 heterocycles. The van der Waals surface area contributed by atoms with E-state index < -0.39 is 5.97 Å². The first-order chi connectivity index (χ1) is 10.5. The van der Waals surface area contributed by atoms with Crippen LogP contribution in [0.4, 0.5) is 0 Å². The quantitative estimate of drug-likeness (QED) is 0.739. The number of hydrogen-bond acceptors (Lipinski definition) is 4. The summed E-state index contributed by atoms with van der Waals surface area (Å²) in [5, 5.41) is 11.2. The fraction of sp³-hybridized carbons (Fsp3) is 0.400. The topological polar surface area (TPSA) is 95.9 Å². The third-order valence-electron chi connectivity index (χ3n) is 3.06. The molecule has 0 radical (unpaired) electrons. The number of nitrogens with one attached hydrogen (secondary N) is 1. The molecule has 1 rings (SSSR count). The third-order valence-corrected chi connectivity index (χ3v) is 3.06. The number of carboxylic acids is 1. The minimum absolute atomic E-state index is 0.122. The zero-order valence-electron chi connectivity index (χ0n) is 12.7. The summed E-state index contributed by atoms with van der Waals surface area (Å²) < 4.78 is 5.03. The first-order valence-corrected chi connectivity index (χ1v) is 6.89. The molecule has 0 fully saturated rings. The number of ether oxygens (including phenoxy) is 1. The number of carbonyl (C=O) groups is 3. The summed E-state index contributed by atoms with van der Waals surface area (Å²) >= 11 is 0. The summed E-state index contributed by atoms with van der Waals surface area (Å²) in [4.78, 5) is 35.8. The van der Waals surface area contributed by atoms with Gasteiger partial charge in [0.25, 0.3) is 5.91 Å². The highest BCUT2D eigenvalue weighted by atomic mass is 16.5. The van der Waals surface area contributed by atoms with Crippen molar-refractivity contribution >= 4 is 17.8 Å². The Morgan fingerprint density at radius 1 is 1.32 bits per heavy atom. The van der Waals surface area contributed by atoms with E-state index in [1.165, 1.54) is 12.0 Å². The second-order valence-electron chi connectivity index (χ2n) is 4.53. The lowest BCUT2D eigenvalue weighted by Gasteiger charge is -2.20. The molecule has 2 N–H and O–H groups in total. The Balaban J connectivity index is 2.54. The number of hydrogen-bond donors (Lipinski definition) is 2. The van der Waals surface area contributed by atoms with Gasteiger partial charge in [0.15, 0.2) is 0 Å². The summed E-state index contributed by atoms with van der Waals surface area (Å²) in [6, 6.07) is 6.58. The van der Waals surface area contributed by atoms with Crippen LogP contribution in [0.1, 0.15) is 23.7 Å². The standard InChI is InChI=1S/C15H20N2O5/c1-3-17(8-7-14(19)20)13(18)10-16-15(21)11-5-4-6-12(9-11)22-2/h4-6,9H,3,7-8,10H2,1-2H3,(H,16,21)(H,19,20). The summed E-state index contributed by atoms with van der Waals surface area (Å²) in [6.07, 6.45) is -0.122. The number of carbonyl (C=O) groups excluding carboxylic acids is 2. The Morgan fingerprint density at radius 2 is 2.05 bits per heavy atom. The average Bonchev–Trinajstić information content (AvgIpc) is 2.52. The number of methoxy groups -OCH3 is 1. The molecule has 0 aliphatic heterocycles. The Morgan fingerprint density at radius 3 is 2.64 bits per heavy atom. The van der Waals surface area contributed by atoms with E-state index >= 15 is 0 Å². The molecule has 7 nitrogen and oxygen atoms in total. The summed E-state index contributed by atoms with van der Waals surface area (Å²) in [6.45, 7) is 2.09. The van der Waals surface area contributed by atoms with Gasteiger partial charge in [-0.1, -0.05) is 6.07 Å². The van der Waals surface area contributed by atoms with E-state index in [0.717, 1.165) is 0 Å². The number of benzene rings is 1. The minimum Gasteiger partial charge on any atom is -0.497 e. The number of nitrogens with zero attached hydrogens (tertiary/aromatic N) is 1. The van der Waals surface area contributed by atoms with Crippen LogP contribution >= 0.6 is 0 Å². The van der Waals surface area contributed by atoms with Crippen molar-refractivity contribution in [2.45, 2.75) is 13.3 Å². The van der Waals surface area contributed by atoms with Gasteiger partial charge >= 0.3 is 5.97 Å². The van der Waals surface area contributed by atoms with Crippen LogP contribution < -0.4 is 10.1 Å². The molecule has 0 saturated heterocycles. The van der Waals surface area contributed by atoms with Crippen LogP contribution in [-0.4, -0.2) is 54.5 Å². The summed E-state index contributed by atoms with van der Waals surface area (Å²) in [5.41, 5.74) is 0.390. The van der Waals surface area contributed by atoms with Crippen LogP contribution in [-0.2, 0) is 9.59 Å². The van der Waals surface area contributed by atoms with Crippen molar-refractivity contribution in [2.75, 3.05) is 26.7 Å². The zero-order valence-corrected chi connectivity index (χ0v) is 12.7. The maximum Gasteiger partial charge on any atom is 0.305 e. The number of carboxylic acid groups (broad SMARTS) is 1. The lowest BCUT2D eigenvalue weighted by molar-refractivity contribution is -0.138. The smallest absolute Gasteiger partial charge is 0.305 e. The molecule has 22 heavy (non-hydrogen) atoms. The fourth-order valence-corrected chi connectivity index (χ4v) is 1.82. The molecule has 7 heteroatoms. The number of rotatable bonds is 8. The van der Waals surface area contributed by atoms with Crippen LogP contribution in [0.5, 0.6) is 5.75 Å². The maximum atomic E-state index is 12.0. The highest BCUT2D eigenvalue weighted by Gasteiger charge is 2.14. The first-order valence-electron chi connectivity index (χ1n) is 6.89. The molecule has 0 aliphatic carbocycles. The van der Waals surface area contributed by atoms with Crippen LogP contribution in [0.25, 0.3) is 0 Å². The van der Waals surface area contributed by atoms with Gasteiger partial charge in [-0.25, -0.2) is 0 Å². The van der Waals surface area contributed by atoms with Gasteiger partial charge < -0.3 is 20.1 Å². The van der Waals surface area contributed by atoms with E-state index in [0.29, 0.717) is 17.9 Å². The largest absolute Gasteiger partial charge is 0.497 e. The van der Waals surface area contributed by atoms with E-state index in [-0.39, 0.29) is 31.3 Å². The Hall–Kier alpha value is -2.57. The van der Waals surface area contributed by atoms with Crippen molar-refractivity contribution < 1.29 is 24.2 Å². The van der Waals surface area contributed by atoms with Gasteiger partial charge in [-0.05, 0) is 25.1 Å². The molecule has 0 aromatic heterocycles. The predicted molar refractivity (Wildman–Crippen MR) is 79.8 cm³/mol. The minimum atomic E-state index is -0.966. The maximum absolute atomic E-state index is 12.0. The molecular formula is C15H20N2O5. The summed E-state index contributed by atoms with van der Waals surface area (Å²) in [5.74, 6) is -1.12. The van der Waals surface area contributed by atoms with Gasteiger partial charge in [-0.3, -0.25) is 14.4 Å². The van der Waals surface area contributed by atoms with E-state index in [1.807, 2.05) is 0 Å². The lowest BCUT2D eigenvalue weighted by atomic mass is 10.2. The van der Waals surface area contributed by atoms with Crippen LogP contribution in [0.15, 0.2) is 24.3 Å². The molecule has 2 amide bonds. The van der Waals surface area contributed by atoms with Crippen molar-refractivity contribution in [1.82, 2.24) is 10.2 Å². The first kappa shape index (κ1) is 17.5. The Bertz CT molecular complexity index is 544. The lowest BCUT2D eigenvalue weighted by Crippen LogP contribution is -2.41. The van der Waals surface area contributed by atoms with Gasteiger partial charge in [0.1, 0.15) is 5.75 Å². The molecule has 0 saturated carbocycles. The number of amides is 2. The van der Waals surface area contributed by atoms with Crippen molar-refractivity contribution in [1.29, 1.82) is 0 Å². The van der Waals surface area contributed by atoms with Crippen LogP contribution in [0, 0.1) is 0 Å². The van der Waals surface area contributed by atoms with Crippen molar-refractivity contribution in [3.8, 4) is 5.75 Å². The average molecular weight is 308 g/mol. The second-order valence-corrected chi connectivity index (χ2v) is 4.53. The van der Waals surface area contributed by atoms with Crippen LogP contribution in [0.2, 0.25) is 0 Å². The predicted octanol–water partition coefficient (Wildman–Crippen LogP) is 0.748. The number of likely N-dealkylation sites (N-methyl/N-ethyl adjacent to an activating group) is 1. The molecule has 1 aromatic rings. The molecule has 0 atom stereocenters. The normalized spacial score (nSPS) is 9.91. The summed E-state index contributed by atoms with van der Waals surface area (Å²) in [7, 11) is 1.50.